The van der Waals surface area contributed by atoms with Crippen LogP contribution in [0.5, 0.6) is 5.75 Å². The summed E-state index contributed by atoms with van der Waals surface area (Å²) in [7, 11) is 3.51. The fraction of sp³-hybridized carbons (Fsp3) is 0.364. The average Bonchev–Trinajstić information content (AvgIpc) is 3.41. The van der Waals surface area contributed by atoms with E-state index < -0.39 is 0 Å². The van der Waals surface area contributed by atoms with E-state index in [0.29, 0.717) is 12.8 Å². The number of hydrogen-bond acceptors (Lipinski definition) is 6. The lowest BCUT2D eigenvalue weighted by Gasteiger charge is -2.26. The van der Waals surface area contributed by atoms with Gasteiger partial charge in [-0.3, -0.25) is 9.48 Å². The predicted octanol–water partition coefficient (Wildman–Crippen LogP) is 2.76. The van der Waals surface area contributed by atoms with Gasteiger partial charge in [-0.1, -0.05) is 12.1 Å². The molecule has 3 aromatic rings. The first-order valence-electron chi connectivity index (χ1n) is 10.1. The molecule has 8 heteroatoms. The summed E-state index contributed by atoms with van der Waals surface area (Å²) in [4.78, 5) is 23.7. The molecule has 1 saturated heterocycles. The summed E-state index contributed by atoms with van der Waals surface area (Å²) >= 11 is 0. The molecule has 8 nitrogen and oxygen atoms in total. The lowest BCUT2D eigenvalue weighted by molar-refractivity contribution is -0.132. The molecule has 1 aliphatic rings. The first kappa shape index (κ1) is 19.9. The lowest BCUT2D eigenvalue weighted by atomic mass is 10.0. The van der Waals surface area contributed by atoms with Crippen molar-refractivity contribution in [3.8, 4) is 16.9 Å². The second-order valence-electron chi connectivity index (χ2n) is 7.52. The summed E-state index contributed by atoms with van der Waals surface area (Å²) in [5.74, 6) is 1.16. The molecule has 1 amide bonds. The van der Waals surface area contributed by atoms with E-state index in [1.54, 1.807) is 24.2 Å². The molecule has 0 bridgehead atoms. The molecule has 0 unspecified atom stereocenters. The number of hydrogen-bond donors (Lipinski definition) is 1. The first-order valence-corrected chi connectivity index (χ1v) is 10.1. The molecule has 2 aromatic heterocycles. The van der Waals surface area contributed by atoms with E-state index in [4.69, 9.17) is 10.5 Å². The first-order chi connectivity index (χ1) is 14.5. The molecule has 0 spiro atoms. The van der Waals surface area contributed by atoms with Crippen molar-refractivity contribution in [1.82, 2.24) is 24.6 Å². The molecule has 1 aliphatic heterocycles. The van der Waals surface area contributed by atoms with Gasteiger partial charge in [0.25, 0.3) is 0 Å². The Morgan fingerprint density at radius 1 is 1.27 bits per heavy atom. The van der Waals surface area contributed by atoms with Crippen LogP contribution in [0.2, 0.25) is 0 Å². The largest absolute Gasteiger partial charge is 0.497 e. The Morgan fingerprint density at radius 2 is 2.07 bits per heavy atom. The molecule has 156 valence electrons. The van der Waals surface area contributed by atoms with Crippen molar-refractivity contribution in [2.45, 2.75) is 31.7 Å². The molecule has 1 aromatic carbocycles. The van der Waals surface area contributed by atoms with Gasteiger partial charge in [-0.05, 0) is 37.0 Å². The molecule has 0 radical (unpaired) electrons. The average molecular weight is 406 g/mol. The zero-order valence-electron chi connectivity index (χ0n) is 17.3. The van der Waals surface area contributed by atoms with Crippen molar-refractivity contribution in [1.29, 1.82) is 0 Å². The Bertz CT molecular complexity index is 1030. The lowest BCUT2D eigenvalue weighted by Crippen LogP contribution is -2.31. The minimum atomic E-state index is -0.103. The number of likely N-dealkylation sites (tertiary alicyclic amines) is 1. The number of benzene rings is 1. The van der Waals surface area contributed by atoms with Crippen LogP contribution in [-0.2, 0) is 18.3 Å². The molecule has 0 aliphatic carbocycles. The van der Waals surface area contributed by atoms with Crippen molar-refractivity contribution in [3.05, 3.63) is 54.1 Å². The van der Waals surface area contributed by atoms with Gasteiger partial charge in [-0.15, -0.1) is 0 Å². The highest BCUT2D eigenvalue weighted by molar-refractivity contribution is 5.78. The molecule has 0 saturated carbocycles. The smallest absolute Gasteiger partial charge is 0.223 e. The third kappa shape index (κ3) is 4.12. The fourth-order valence-electron chi connectivity index (χ4n) is 3.98. The van der Waals surface area contributed by atoms with Gasteiger partial charge in [-0.25, -0.2) is 9.97 Å². The minimum absolute atomic E-state index is 0.103. The molecule has 1 atom stereocenters. The molecule has 1 fully saturated rings. The number of anilines is 1. The van der Waals surface area contributed by atoms with Gasteiger partial charge in [0.05, 0.1) is 25.0 Å². The van der Waals surface area contributed by atoms with E-state index in [1.165, 1.54) is 0 Å². The molecular weight excluding hydrogens is 380 g/mol. The number of nitrogen functional groups attached to an aromatic ring is 1. The van der Waals surface area contributed by atoms with E-state index in [2.05, 4.69) is 15.1 Å². The van der Waals surface area contributed by atoms with Gasteiger partial charge < -0.3 is 15.4 Å². The maximum absolute atomic E-state index is 13.1. The Kier molecular flexibility index (Phi) is 5.65. The minimum Gasteiger partial charge on any atom is -0.497 e. The van der Waals surface area contributed by atoms with E-state index in [1.807, 2.05) is 42.4 Å². The third-order valence-electron chi connectivity index (χ3n) is 5.53. The van der Waals surface area contributed by atoms with Crippen LogP contribution >= 0.6 is 0 Å². The van der Waals surface area contributed by atoms with Crippen LogP contribution in [0.15, 0.2) is 42.9 Å². The topological polar surface area (TPSA) is 99.2 Å². The number of methoxy groups -OCH3 is 1. The number of nitrogens with zero attached hydrogens (tertiary/aromatic N) is 5. The zero-order chi connectivity index (χ0) is 21.1. The molecule has 3 heterocycles. The van der Waals surface area contributed by atoms with Gasteiger partial charge >= 0.3 is 0 Å². The van der Waals surface area contributed by atoms with Crippen LogP contribution in [0.1, 0.15) is 36.6 Å². The fourth-order valence-corrected chi connectivity index (χ4v) is 3.98. The maximum Gasteiger partial charge on any atom is 0.223 e. The van der Waals surface area contributed by atoms with E-state index in [-0.39, 0.29) is 17.9 Å². The van der Waals surface area contributed by atoms with Gasteiger partial charge in [0.2, 0.25) is 11.9 Å². The number of rotatable bonds is 6. The standard InChI is InChI=1S/C22H26N6O2/c1-27-14-16(12-25-27)18-13-24-22(23)26-21(18)19-4-3-11-28(19)20(29)10-7-15-5-8-17(30-2)9-6-15/h5-6,8-9,12-14,19H,3-4,7,10-11H2,1-2H3,(H2,23,24,26)/t19-/m0/s1. The van der Waals surface area contributed by atoms with Crippen molar-refractivity contribution >= 4 is 11.9 Å². The molecule has 4 rings (SSSR count). The van der Waals surface area contributed by atoms with Crippen LogP contribution < -0.4 is 10.5 Å². The third-order valence-corrected chi connectivity index (χ3v) is 5.53. The quantitative estimate of drug-likeness (QED) is 0.676. The molecule has 30 heavy (non-hydrogen) atoms. The number of nitrogens with two attached hydrogens (primary N) is 1. The summed E-state index contributed by atoms with van der Waals surface area (Å²) < 4.78 is 6.93. The summed E-state index contributed by atoms with van der Waals surface area (Å²) in [6.07, 6.45) is 8.37. The van der Waals surface area contributed by atoms with Crippen LogP contribution in [0.3, 0.4) is 0 Å². The SMILES string of the molecule is COc1ccc(CCC(=O)N2CCC[C@H]2c2nc(N)ncc2-c2cnn(C)c2)cc1. The maximum atomic E-state index is 13.1. The van der Waals surface area contributed by atoms with E-state index in [0.717, 1.165) is 47.5 Å². The zero-order valence-corrected chi connectivity index (χ0v) is 17.3. The van der Waals surface area contributed by atoms with E-state index in [9.17, 15) is 4.79 Å². The van der Waals surface area contributed by atoms with Crippen LogP contribution in [0.4, 0.5) is 5.95 Å². The monoisotopic (exact) mass is 406 g/mol. The van der Waals surface area contributed by atoms with Crippen LogP contribution in [0.25, 0.3) is 11.1 Å². The number of aryl methyl sites for hydroxylation is 2. The Hall–Kier alpha value is -3.42. The van der Waals surface area contributed by atoms with Crippen molar-refractivity contribution in [2.75, 3.05) is 19.4 Å². The highest BCUT2D eigenvalue weighted by Crippen LogP contribution is 2.37. The van der Waals surface area contributed by atoms with Gasteiger partial charge in [-0.2, -0.15) is 5.10 Å². The second kappa shape index (κ2) is 8.52. The number of aromatic nitrogens is 4. The highest BCUT2D eigenvalue weighted by Gasteiger charge is 2.33. The van der Waals surface area contributed by atoms with Gasteiger partial charge in [0, 0.05) is 43.5 Å². The summed E-state index contributed by atoms with van der Waals surface area (Å²) in [5.41, 5.74) is 9.61. The Labute approximate surface area is 175 Å². The molecular formula is C22H26N6O2. The molecule has 2 N–H and O–H groups in total. The number of carbonyl (C=O) groups excluding carboxylic acids is 1. The van der Waals surface area contributed by atoms with Crippen LogP contribution in [0, 0.1) is 0 Å². The summed E-state index contributed by atoms with van der Waals surface area (Å²) in [6, 6.07) is 7.73. The Morgan fingerprint density at radius 3 is 2.77 bits per heavy atom. The van der Waals surface area contributed by atoms with E-state index >= 15 is 0 Å². The number of amides is 1. The summed E-state index contributed by atoms with van der Waals surface area (Å²) in [5, 5.41) is 4.25. The number of ether oxygens (including phenoxy) is 1. The number of carbonyl (C=O) groups is 1. The van der Waals surface area contributed by atoms with Gasteiger partial charge in [0.15, 0.2) is 0 Å². The van der Waals surface area contributed by atoms with Crippen LogP contribution in [-0.4, -0.2) is 44.2 Å². The van der Waals surface area contributed by atoms with Crippen molar-refractivity contribution < 1.29 is 9.53 Å². The Balaban J connectivity index is 1.53. The predicted molar refractivity (Wildman–Crippen MR) is 114 cm³/mol. The van der Waals surface area contributed by atoms with Crippen molar-refractivity contribution in [3.63, 3.8) is 0 Å². The normalized spacial score (nSPS) is 16.1. The summed E-state index contributed by atoms with van der Waals surface area (Å²) in [6.45, 7) is 0.725. The second-order valence-corrected chi connectivity index (χ2v) is 7.52. The highest BCUT2D eigenvalue weighted by atomic mass is 16.5. The van der Waals surface area contributed by atoms with Gasteiger partial charge in [0.1, 0.15) is 5.75 Å². The van der Waals surface area contributed by atoms with Crippen molar-refractivity contribution in [2.24, 2.45) is 7.05 Å².